The average Bonchev–Trinajstić information content (AvgIpc) is 3.51. The summed E-state index contributed by atoms with van der Waals surface area (Å²) in [4.78, 5) is 16.3. The molecule has 37 heavy (non-hydrogen) atoms. The first-order chi connectivity index (χ1) is 17.8. The fraction of sp³-hybridized carbons (Fsp3) is 0.269. The van der Waals surface area contributed by atoms with Crippen molar-refractivity contribution in [2.45, 2.75) is 38.7 Å². The van der Waals surface area contributed by atoms with Gasteiger partial charge in [-0.25, -0.2) is 9.50 Å². The van der Waals surface area contributed by atoms with Crippen LogP contribution in [-0.4, -0.2) is 41.2 Å². The molecule has 5 aromatic rings. The smallest absolute Gasteiger partial charge is 0.350 e. The number of alkyl halides is 2. The molecule has 0 unspecified atom stereocenters. The quantitative estimate of drug-likeness (QED) is 0.345. The lowest BCUT2D eigenvalue weighted by Crippen LogP contribution is -2.22. The van der Waals surface area contributed by atoms with Gasteiger partial charge >= 0.3 is 5.92 Å². The number of hydrogen-bond acceptors (Lipinski definition) is 6. The third-order valence-electron chi connectivity index (χ3n) is 6.06. The molecular formula is C26H23F2N7O2. The van der Waals surface area contributed by atoms with E-state index in [2.05, 4.69) is 25.6 Å². The number of nitrogens with zero attached hydrogens (tertiary/aromatic N) is 6. The number of benzene rings is 1. The van der Waals surface area contributed by atoms with E-state index in [1.165, 1.54) is 27.2 Å². The molecule has 1 aromatic carbocycles. The molecule has 188 valence electrons. The summed E-state index contributed by atoms with van der Waals surface area (Å²) >= 11 is 0. The Balaban J connectivity index is 1.34. The Morgan fingerprint density at radius 2 is 1.86 bits per heavy atom. The Hall–Kier alpha value is -4.41. The second-order valence-electron chi connectivity index (χ2n) is 9.35. The first-order valence-corrected chi connectivity index (χ1v) is 12.0. The number of rotatable bonds is 7. The van der Waals surface area contributed by atoms with Crippen LogP contribution in [0, 0.1) is 5.92 Å². The molecule has 4 heterocycles. The van der Waals surface area contributed by atoms with Crippen LogP contribution in [0.2, 0.25) is 0 Å². The van der Waals surface area contributed by atoms with Crippen LogP contribution >= 0.6 is 0 Å². The molecule has 1 fully saturated rings. The van der Waals surface area contributed by atoms with Gasteiger partial charge < -0.3 is 10.1 Å². The Bertz CT molecular complexity index is 1640. The van der Waals surface area contributed by atoms with Crippen molar-refractivity contribution in [1.29, 1.82) is 0 Å². The van der Waals surface area contributed by atoms with Gasteiger partial charge in [0.2, 0.25) is 11.7 Å². The number of imidazole rings is 1. The SMILES string of the molecule is CC(C)Oc1cccc(-c2ccc3nnc(C(F)(F)c4ccc5nc(NC(=O)C6CC6)cn5n4)n3c2)c1. The Morgan fingerprint density at radius 1 is 1.05 bits per heavy atom. The summed E-state index contributed by atoms with van der Waals surface area (Å²) in [6.07, 6.45) is 4.69. The molecule has 11 heteroatoms. The zero-order valence-electron chi connectivity index (χ0n) is 20.1. The van der Waals surface area contributed by atoms with Gasteiger partial charge in [0.15, 0.2) is 17.1 Å². The van der Waals surface area contributed by atoms with Crippen LogP contribution in [0.1, 0.15) is 38.2 Å². The second-order valence-corrected chi connectivity index (χ2v) is 9.35. The number of halogens is 2. The van der Waals surface area contributed by atoms with Crippen LogP contribution in [-0.2, 0) is 10.7 Å². The van der Waals surface area contributed by atoms with E-state index in [1.807, 2.05) is 38.1 Å². The van der Waals surface area contributed by atoms with Gasteiger partial charge in [0, 0.05) is 12.1 Å². The van der Waals surface area contributed by atoms with Gasteiger partial charge in [-0.1, -0.05) is 12.1 Å². The molecular weight excluding hydrogens is 480 g/mol. The van der Waals surface area contributed by atoms with Crippen molar-refractivity contribution in [3.05, 3.63) is 72.4 Å². The van der Waals surface area contributed by atoms with Gasteiger partial charge in [-0.3, -0.25) is 9.20 Å². The fourth-order valence-corrected chi connectivity index (χ4v) is 4.09. The molecule has 6 rings (SSSR count). The number of anilines is 1. The number of amides is 1. The predicted molar refractivity (Wildman–Crippen MR) is 132 cm³/mol. The van der Waals surface area contributed by atoms with Crippen molar-refractivity contribution in [3.63, 3.8) is 0 Å². The zero-order valence-corrected chi connectivity index (χ0v) is 20.1. The van der Waals surface area contributed by atoms with Crippen molar-refractivity contribution in [2.75, 3.05) is 5.32 Å². The Labute approximate surface area is 210 Å². The highest BCUT2D eigenvalue weighted by Crippen LogP contribution is 2.35. The first-order valence-electron chi connectivity index (χ1n) is 12.0. The Kier molecular flexibility index (Phi) is 5.36. The lowest BCUT2D eigenvalue weighted by atomic mass is 10.1. The number of ether oxygens (including phenoxy) is 1. The minimum absolute atomic E-state index is 0.00557. The van der Waals surface area contributed by atoms with E-state index < -0.39 is 17.4 Å². The van der Waals surface area contributed by atoms with Crippen LogP contribution in [0.5, 0.6) is 5.75 Å². The summed E-state index contributed by atoms with van der Waals surface area (Å²) in [7, 11) is 0. The van der Waals surface area contributed by atoms with Crippen molar-refractivity contribution < 1.29 is 18.3 Å². The average molecular weight is 504 g/mol. The lowest BCUT2D eigenvalue weighted by Gasteiger charge is -2.14. The van der Waals surface area contributed by atoms with E-state index in [0.717, 1.165) is 18.4 Å². The van der Waals surface area contributed by atoms with Crippen LogP contribution < -0.4 is 10.1 Å². The topological polar surface area (TPSA) is 98.7 Å². The van der Waals surface area contributed by atoms with Crippen LogP contribution in [0.25, 0.3) is 22.4 Å². The van der Waals surface area contributed by atoms with Crippen molar-refractivity contribution in [3.8, 4) is 16.9 Å². The lowest BCUT2D eigenvalue weighted by molar-refractivity contribution is -0.117. The normalized spacial score (nSPS) is 14.0. The summed E-state index contributed by atoms with van der Waals surface area (Å²) in [5.74, 6) is -3.29. The number of carbonyl (C=O) groups is 1. The standard InChI is InChI=1S/C26H23F2N7O2/c1-15(2)37-19-5-3-4-17(12-19)18-8-10-23-31-32-25(34(23)13-18)26(27,28)20-9-11-22-29-21(14-35(22)33-20)30-24(36)16-6-7-16/h3-5,8-16H,6-7H2,1-2H3,(H,30,36). The Morgan fingerprint density at radius 3 is 2.65 bits per heavy atom. The highest BCUT2D eigenvalue weighted by molar-refractivity contribution is 5.93. The third-order valence-corrected chi connectivity index (χ3v) is 6.06. The highest BCUT2D eigenvalue weighted by Gasteiger charge is 2.41. The predicted octanol–water partition coefficient (Wildman–Crippen LogP) is 4.71. The number of fused-ring (bicyclic) bond motifs is 2. The van der Waals surface area contributed by atoms with E-state index in [-0.39, 0.29) is 29.4 Å². The maximum atomic E-state index is 15.7. The largest absolute Gasteiger partial charge is 0.491 e. The minimum atomic E-state index is -3.56. The molecule has 1 N–H and O–H groups in total. The molecule has 0 atom stereocenters. The molecule has 0 aliphatic heterocycles. The molecule has 1 aliphatic rings. The van der Waals surface area contributed by atoms with Gasteiger partial charge in [-0.05, 0) is 74.2 Å². The van der Waals surface area contributed by atoms with Gasteiger partial charge in [-0.15, -0.1) is 10.2 Å². The summed E-state index contributed by atoms with van der Waals surface area (Å²) < 4.78 is 39.7. The maximum absolute atomic E-state index is 15.7. The van der Waals surface area contributed by atoms with Crippen molar-refractivity contribution in [1.82, 2.24) is 29.2 Å². The van der Waals surface area contributed by atoms with Gasteiger partial charge in [-0.2, -0.15) is 13.9 Å². The number of pyridine rings is 1. The first kappa shape index (κ1) is 23.0. The summed E-state index contributed by atoms with van der Waals surface area (Å²) in [5, 5.41) is 14.5. The van der Waals surface area contributed by atoms with E-state index in [0.29, 0.717) is 17.0 Å². The monoisotopic (exact) mass is 503 g/mol. The van der Waals surface area contributed by atoms with Crippen LogP contribution in [0.15, 0.2) is 60.9 Å². The van der Waals surface area contributed by atoms with E-state index in [9.17, 15) is 4.79 Å². The fourth-order valence-electron chi connectivity index (χ4n) is 4.09. The molecule has 0 radical (unpaired) electrons. The number of nitrogens with one attached hydrogen (secondary N) is 1. The number of hydrogen-bond donors (Lipinski definition) is 1. The molecule has 1 saturated carbocycles. The van der Waals surface area contributed by atoms with E-state index in [4.69, 9.17) is 4.74 Å². The number of carbonyl (C=O) groups excluding carboxylic acids is 1. The van der Waals surface area contributed by atoms with E-state index >= 15 is 8.78 Å². The van der Waals surface area contributed by atoms with Crippen LogP contribution in [0.3, 0.4) is 0 Å². The summed E-state index contributed by atoms with van der Waals surface area (Å²) in [5.41, 5.74) is 1.60. The van der Waals surface area contributed by atoms with Gasteiger partial charge in [0.25, 0.3) is 0 Å². The molecule has 0 bridgehead atoms. The molecule has 1 amide bonds. The maximum Gasteiger partial charge on any atom is 0.350 e. The highest BCUT2D eigenvalue weighted by atomic mass is 19.3. The van der Waals surface area contributed by atoms with Crippen molar-refractivity contribution in [2.24, 2.45) is 5.92 Å². The molecule has 0 spiro atoms. The van der Waals surface area contributed by atoms with Gasteiger partial charge in [0.1, 0.15) is 11.4 Å². The third kappa shape index (κ3) is 4.37. The summed E-state index contributed by atoms with van der Waals surface area (Å²) in [6, 6.07) is 13.5. The summed E-state index contributed by atoms with van der Waals surface area (Å²) in [6.45, 7) is 3.87. The number of aromatic nitrogens is 6. The molecule has 4 aromatic heterocycles. The van der Waals surface area contributed by atoms with Crippen LogP contribution in [0.4, 0.5) is 14.6 Å². The minimum Gasteiger partial charge on any atom is -0.491 e. The van der Waals surface area contributed by atoms with Crippen molar-refractivity contribution >= 4 is 23.0 Å². The van der Waals surface area contributed by atoms with Gasteiger partial charge in [0.05, 0.1) is 12.3 Å². The molecule has 1 aliphatic carbocycles. The second kappa shape index (κ2) is 8.61. The molecule has 0 saturated heterocycles. The molecule has 9 nitrogen and oxygen atoms in total. The van der Waals surface area contributed by atoms with E-state index in [1.54, 1.807) is 18.3 Å². The zero-order chi connectivity index (χ0) is 25.7.